The van der Waals surface area contributed by atoms with Crippen LogP contribution in [0.2, 0.25) is 0 Å². The minimum absolute atomic E-state index is 0.0268. The maximum atomic E-state index is 12.9. The molecule has 30 heavy (non-hydrogen) atoms. The van der Waals surface area contributed by atoms with Crippen LogP contribution in [0.5, 0.6) is 0 Å². The molecule has 7 nitrogen and oxygen atoms in total. The van der Waals surface area contributed by atoms with Crippen LogP contribution in [0.3, 0.4) is 0 Å². The molecule has 0 bridgehead atoms. The van der Waals surface area contributed by atoms with Crippen molar-refractivity contribution >= 4 is 17.8 Å². The molecule has 10 heteroatoms. The van der Waals surface area contributed by atoms with Crippen molar-refractivity contribution in [1.29, 1.82) is 0 Å². The predicted octanol–water partition coefficient (Wildman–Crippen LogP) is 2.33. The summed E-state index contributed by atoms with van der Waals surface area (Å²) in [6, 6.07) is 2.71. The SMILES string of the molecule is O=C(NC1CC1)N1CCC(C(=O)N2CCN(c3ccc(C(F)(F)F)cn3)CC2)CC1. The standard InChI is InChI=1S/C20H26F3N5O2/c21-20(22,23)15-1-4-17(24-13-15)26-9-11-27(12-10-26)18(29)14-5-7-28(8-6-14)19(30)25-16-2-3-16/h1,4,13-14,16H,2-3,5-12H2,(H,25,30). The van der Waals surface area contributed by atoms with E-state index < -0.39 is 11.7 Å². The molecule has 2 saturated heterocycles. The second kappa shape index (κ2) is 8.31. The predicted molar refractivity (Wildman–Crippen MR) is 104 cm³/mol. The lowest BCUT2D eigenvalue weighted by Crippen LogP contribution is -2.52. The summed E-state index contributed by atoms with van der Waals surface area (Å²) in [5, 5.41) is 2.98. The summed E-state index contributed by atoms with van der Waals surface area (Å²) in [6.07, 6.45) is -0.122. The number of anilines is 1. The number of alkyl halides is 3. The van der Waals surface area contributed by atoms with E-state index in [4.69, 9.17) is 0 Å². The number of halogens is 3. The van der Waals surface area contributed by atoms with E-state index in [-0.39, 0.29) is 17.9 Å². The van der Waals surface area contributed by atoms with E-state index in [9.17, 15) is 22.8 Å². The third-order valence-electron chi connectivity index (χ3n) is 6.03. The molecule has 3 heterocycles. The van der Waals surface area contributed by atoms with Crippen molar-refractivity contribution in [2.45, 2.75) is 37.9 Å². The first-order chi connectivity index (χ1) is 14.3. The number of carbonyl (C=O) groups excluding carboxylic acids is 2. The zero-order chi connectivity index (χ0) is 21.3. The third-order valence-corrected chi connectivity index (χ3v) is 6.03. The number of likely N-dealkylation sites (tertiary alicyclic amines) is 1. The van der Waals surface area contributed by atoms with Crippen molar-refractivity contribution in [3.8, 4) is 0 Å². The van der Waals surface area contributed by atoms with E-state index in [1.807, 2.05) is 9.80 Å². The molecule has 0 unspecified atom stereocenters. The van der Waals surface area contributed by atoms with Gasteiger partial charge in [-0.2, -0.15) is 13.2 Å². The van der Waals surface area contributed by atoms with Gasteiger partial charge < -0.3 is 20.0 Å². The topological polar surface area (TPSA) is 68.8 Å². The number of piperazine rings is 1. The lowest BCUT2D eigenvalue weighted by Gasteiger charge is -2.39. The van der Waals surface area contributed by atoms with Crippen LogP contribution < -0.4 is 10.2 Å². The van der Waals surface area contributed by atoms with Gasteiger partial charge >= 0.3 is 12.2 Å². The first-order valence-electron chi connectivity index (χ1n) is 10.4. The Morgan fingerprint density at radius 1 is 0.933 bits per heavy atom. The molecule has 2 aliphatic heterocycles. The number of urea groups is 1. The van der Waals surface area contributed by atoms with Gasteiger partial charge in [0.1, 0.15) is 5.82 Å². The van der Waals surface area contributed by atoms with Gasteiger partial charge in [-0.05, 0) is 37.8 Å². The van der Waals surface area contributed by atoms with Gasteiger partial charge in [-0.1, -0.05) is 0 Å². The Kier molecular flexibility index (Phi) is 5.75. The summed E-state index contributed by atoms with van der Waals surface area (Å²) < 4.78 is 38.0. The Bertz CT molecular complexity index is 766. The van der Waals surface area contributed by atoms with Crippen LogP contribution in [0.25, 0.3) is 0 Å². The van der Waals surface area contributed by atoms with Crippen LogP contribution in [0, 0.1) is 5.92 Å². The highest BCUT2D eigenvalue weighted by Crippen LogP contribution is 2.29. The molecule has 0 radical (unpaired) electrons. The number of aromatic nitrogens is 1. The number of piperidine rings is 1. The van der Waals surface area contributed by atoms with E-state index in [0.717, 1.165) is 25.1 Å². The molecule has 0 aromatic carbocycles. The van der Waals surface area contributed by atoms with Crippen LogP contribution in [0.4, 0.5) is 23.8 Å². The van der Waals surface area contributed by atoms with Crippen LogP contribution in [-0.2, 0) is 11.0 Å². The number of amides is 3. The Labute approximate surface area is 173 Å². The highest BCUT2D eigenvalue weighted by atomic mass is 19.4. The Balaban J connectivity index is 1.24. The molecular formula is C20H26F3N5O2. The maximum Gasteiger partial charge on any atom is 0.417 e. The van der Waals surface area contributed by atoms with E-state index in [0.29, 0.717) is 64.0 Å². The second-order valence-electron chi connectivity index (χ2n) is 8.20. The number of hydrogen-bond donors (Lipinski definition) is 1. The van der Waals surface area contributed by atoms with Crippen LogP contribution >= 0.6 is 0 Å². The second-order valence-corrected chi connectivity index (χ2v) is 8.20. The molecule has 1 aliphatic carbocycles. The van der Waals surface area contributed by atoms with Crippen molar-refractivity contribution in [1.82, 2.24) is 20.1 Å². The normalized spacial score (nSPS) is 21.0. The number of nitrogens with one attached hydrogen (secondary N) is 1. The van der Waals surface area contributed by atoms with Gasteiger partial charge in [-0.15, -0.1) is 0 Å². The van der Waals surface area contributed by atoms with Crippen molar-refractivity contribution in [3.05, 3.63) is 23.9 Å². The molecule has 0 atom stereocenters. The summed E-state index contributed by atoms with van der Waals surface area (Å²) in [5.41, 5.74) is -0.766. The number of rotatable bonds is 3. The summed E-state index contributed by atoms with van der Waals surface area (Å²) in [4.78, 5) is 34.4. The Hall–Kier alpha value is -2.52. The van der Waals surface area contributed by atoms with E-state index >= 15 is 0 Å². The van der Waals surface area contributed by atoms with Crippen LogP contribution in [-0.4, -0.2) is 72.0 Å². The van der Waals surface area contributed by atoms with Gasteiger partial charge in [0.2, 0.25) is 5.91 Å². The monoisotopic (exact) mass is 425 g/mol. The summed E-state index contributed by atoms with van der Waals surface area (Å²) in [6.45, 7) is 3.28. The summed E-state index contributed by atoms with van der Waals surface area (Å²) >= 11 is 0. The first-order valence-corrected chi connectivity index (χ1v) is 10.4. The minimum Gasteiger partial charge on any atom is -0.353 e. The van der Waals surface area contributed by atoms with E-state index in [2.05, 4.69) is 10.3 Å². The number of carbonyl (C=O) groups is 2. The fourth-order valence-corrected chi connectivity index (χ4v) is 3.98. The third kappa shape index (κ3) is 4.79. The fourth-order valence-electron chi connectivity index (χ4n) is 3.98. The molecule has 3 aliphatic rings. The smallest absolute Gasteiger partial charge is 0.353 e. The minimum atomic E-state index is -4.40. The van der Waals surface area contributed by atoms with Crippen LogP contribution in [0.15, 0.2) is 18.3 Å². The lowest BCUT2D eigenvalue weighted by molar-refractivity contribution is -0.138. The summed E-state index contributed by atoms with van der Waals surface area (Å²) in [5.74, 6) is 0.521. The van der Waals surface area contributed by atoms with Crippen molar-refractivity contribution < 1.29 is 22.8 Å². The summed E-state index contributed by atoms with van der Waals surface area (Å²) in [7, 11) is 0. The quantitative estimate of drug-likeness (QED) is 0.807. The average molecular weight is 425 g/mol. The molecular weight excluding hydrogens is 399 g/mol. The largest absolute Gasteiger partial charge is 0.417 e. The highest BCUT2D eigenvalue weighted by Gasteiger charge is 2.34. The van der Waals surface area contributed by atoms with Crippen LogP contribution in [0.1, 0.15) is 31.2 Å². The Morgan fingerprint density at radius 2 is 1.60 bits per heavy atom. The van der Waals surface area contributed by atoms with Gasteiger partial charge in [-0.25, -0.2) is 9.78 Å². The molecule has 164 valence electrons. The fraction of sp³-hybridized carbons (Fsp3) is 0.650. The average Bonchev–Trinajstić information content (AvgIpc) is 3.57. The maximum absolute atomic E-state index is 12.9. The molecule has 0 spiro atoms. The highest BCUT2D eigenvalue weighted by molar-refractivity contribution is 5.80. The van der Waals surface area contributed by atoms with Gasteiger partial charge in [0, 0.05) is 57.4 Å². The molecule has 1 saturated carbocycles. The number of hydrogen-bond acceptors (Lipinski definition) is 4. The molecule has 1 aromatic heterocycles. The van der Waals surface area contributed by atoms with Crippen molar-refractivity contribution in [2.75, 3.05) is 44.2 Å². The molecule has 1 aromatic rings. The van der Waals surface area contributed by atoms with Gasteiger partial charge in [-0.3, -0.25) is 4.79 Å². The molecule has 4 rings (SSSR count). The van der Waals surface area contributed by atoms with Crippen molar-refractivity contribution in [3.63, 3.8) is 0 Å². The first kappa shape index (κ1) is 20.7. The van der Waals surface area contributed by atoms with Gasteiger partial charge in [0.05, 0.1) is 5.56 Å². The van der Waals surface area contributed by atoms with Gasteiger partial charge in [0.25, 0.3) is 0 Å². The number of pyridine rings is 1. The molecule has 3 amide bonds. The Morgan fingerprint density at radius 3 is 2.13 bits per heavy atom. The molecule has 1 N–H and O–H groups in total. The zero-order valence-electron chi connectivity index (χ0n) is 16.7. The van der Waals surface area contributed by atoms with E-state index in [1.54, 1.807) is 4.90 Å². The van der Waals surface area contributed by atoms with Crippen molar-refractivity contribution in [2.24, 2.45) is 5.92 Å². The van der Waals surface area contributed by atoms with E-state index in [1.165, 1.54) is 6.07 Å². The lowest BCUT2D eigenvalue weighted by atomic mass is 9.95. The number of nitrogens with zero attached hydrogens (tertiary/aromatic N) is 4. The van der Waals surface area contributed by atoms with Gasteiger partial charge in [0.15, 0.2) is 0 Å². The zero-order valence-corrected chi connectivity index (χ0v) is 16.7. The molecule has 3 fully saturated rings.